The van der Waals surface area contributed by atoms with E-state index < -0.39 is 6.10 Å². The Morgan fingerprint density at radius 2 is 1.83 bits per heavy atom. The Hall–Kier alpha value is -2.54. The molecule has 0 radical (unpaired) electrons. The first kappa shape index (κ1) is 19.8. The summed E-state index contributed by atoms with van der Waals surface area (Å²) in [6.07, 6.45) is 1.58. The number of benzene rings is 1. The number of likely N-dealkylation sites (tertiary alicyclic amines) is 2. The largest absolute Gasteiger partial charge is 0.477 e. The SMILES string of the molecule is CCOc1cc(C2CC(c3ccc(CC)cc3)CN(C(=O)N3CC(O)C3)C2)[nH]n1. The number of hydrogen-bond acceptors (Lipinski definition) is 4. The van der Waals surface area contributed by atoms with E-state index in [0.717, 1.165) is 18.5 Å². The first-order valence-corrected chi connectivity index (χ1v) is 10.6. The van der Waals surface area contributed by atoms with Crippen LogP contribution in [0.15, 0.2) is 30.3 Å². The maximum Gasteiger partial charge on any atom is 0.320 e. The van der Waals surface area contributed by atoms with E-state index in [9.17, 15) is 9.90 Å². The molecule has 2 amide bonds. The molecule has 1 aromatic heterocycles. The number of urea groups is 1. The van der Waals surface area contributed by atoms with E-state index in [1.54, 1.807) is 4.90 Å². The molecule has 2 saturated heterocycles. The molecule has 0 bridgehead atoms. The fraction of sp³-hybridized carbons (Fsp3) is 0.545. The zero-order chi connectivity index (χ0) is 20.4. The Morgan fingerprint density at radius 3 is 2.48 bits per heavy atom. The summed E-state index contributed by atoms with van der Waals surface area (Å²) in [5, 5.41) is 16.9. The number of H-pyrrole nitrogens is 1. The third-order valence-electron chi connectivity index (χ3n) is 6.02. The number of piperidine rings is 1. The number of amides is 2. The Morgan fingerprint density at radius 1 is 1.14 bits per heavy atom. The van der Waals surface area contributed by atoms with Crippen LogP contribution in [0.4, 0.5) is 4.79 Å². The minimum atomic E-state index is -0.390. The summed E-state index contributed by atoms with van der Waals surface area (Å²) in [6.45, 7) is 6.85. The molecule has 0 spiro atoms. The van der Waals surface area contributed by atoms with Crippen LogP contribution in [0.3, 0.4) is 0 Å². The lowest BCUT2D eigenvalue weighted by atomic mass is 9.83. The number of hydrogen-bond donors (Lipinski definition) is 2. The van der Waals surface area contributed by atoms with Gasteiger partial charge in [0.1, 0.15) is 0 Å². The van der Waals surface area contributed by atoms with Gasteiger partial charge in [0.2, 0.25) is 5.88 Å². The third-order valence-corrected chi connectivity index (χ3v) is 6.02. The van der Waals surface area contributed by atoms with Gasteiger partial charge in [-0.3, -0.25) is 5.10 Å². The Balaban J connectivity index is 1.56. The van der Waals surface area contributed by atoms with Crippen molar-refractivity contribution in [3.8, 4) is 5.88 Å². The number of aromatic amines is 1. The molecule has 3 heterocycles. The molecule has 2 fully saturated rings. The molecule has 4 rings (SSSR count). The summed E-state index contributed by atoms with van der Waals surface area (Å²) >= 11 is 0. The molecule has 2 aromatic rings. The smallest absolute Gasteiger partial charge is 0.320 e. The van der Waals surface area contributed by atoms with Crippen LogP contribution in [0.1, 0.15) is 48.9 Å². The summed E-state index contributed by atoms with van der Waals surface area (Å²) in [4.78, 5) is 16.6. The van der Waals surface area contributed by atoms with Gasteiger partial charge in [0.05, 0.1) is 25.8 Å². The standard InChI is InChI=1S/C22H30N4O3/c1-3-15-5-7-16(8-6-15)17-9-18(20-10-21(24-23-20)29-4-2)12-25(11-17)22(28)26-13-19(27)14-26/h5-8,10,17-19,27H,3-4,9,11-14H2,1-2H3,(H,23,24). The maximum absolute atomic E-state index is 13.0. The van der Waals surface area contributed by atoms with Gasteiger partial charge in [0, 0.05) is 36.7 Å². The van der Waals surface area contributed by atoms with E-state index in [2.05, 4.69) is 41.4 Å². The van der Waals surface area contributed by atoms with Gasteiger partial charge in [0.25, 0.3) is 0 Å². The molecule has 2 aliphatic rings. The number of aliphatic hydroxyl groups excluding tert-OH is 1. The first-order chi connectivity index (χ1) is 14.1. The van der Waals surface area contributed by atoms with E-state index in [1.165, 1.54) is 11.1 Å². The van der Waals surface area contributed by atoms with E-state index in [1.807, 2.05) is 17.9 Å². The topological polar surface area (TPSA) is 81.7 Å². The molecule has 2 atom stereocenters. The van der Waals surface area contributed by atoms with Gasteiger partial charge in [-0.2, -0.15) is 0 Å². The lowest BCUT2D eigenvalue weighted by Gasteiger charge is -2.44. The molecular weight excluding hydrogens is 368 g/mol. The van der Waals surface area contributed by atoms with Crippen molar-refractivity contribution in [2.75, 3.05) is 32.8 Å². The van der Waals surface area contributed by atoms with E-state index in [-0.39, 0.29) is 17.9 Å². The van der Waals surface area contributed by atoms with Crippen molar-refractivity contribution >= 4 is 6.03 Å². The van der Waals surface area contributed by atoms with Crippen LogP contribution in [0.5, 0.6) is 5.88 Å². The number of β-amino-alcohol motifs (C(OH)–C–C–N with tert-alkyl or cyclic N) is 1. The Labute approximate surface area is 171 Å². The highest BCUT2D eigenvalue weighted by Crippen LogP contribution is 2.36. The molecule has 0 saturated carbocycles. The quantitative estimate of drug-likeness (QED) is 0.811. The molecule has 2 unspecified atom stereocenters. The van der Waals surface area contributed by atoms with Gasteiger partial charge in [0.15, 0.2) is 0 Å². The minimum Gasteiger partial charge on any atom is -0.477 e. The Kier molecular flexibility index (Phi) is 5.76. The predicted octanol–water partition coefficient (Wildman–Crippen LogP) is 2.74. The summed E-state index contributed by atoms with van der Waals surface area (Å²) in [5.74, 6) is 1.02. The van der Waals surface area contributed by atoms with Crippen molar-refractivity contribution in [1.82, 2.24) is 20.0 Å². The van der Waals surface area contributed by atoms with E-state index in [4.69, 9.17) is 4.74 Å². The van der Waals surface area contributed by atoms with Crippen LogP contribution in [0, 0.1) is 0 Å². The monoisotopic (exact) mass is 398 g/mol. The number of aliphatic hydroxyl groups is 1. The molecule has 0 aliphatic carbocycles. The van der Waals surface area contributed by atoms with Gasteiger partial charge < -0.3 is 19.6 Å². The van der Waals surface area contributed by atoms with Crippen molar-refractivity contribution in [3.05, 3.63) is 47.2 Å². The van der Waals surface area contributed by atoms with E-state index in [0.29, 0.717) is 38.7 Å². The van der Waals surface area contributed by atoms with Gasteiger partial charge >= 0.3 is 6.03 Å². The third kappa shape index (κ3) is 4.24. The van der Waals surface area contributed by atoms with Crippen LogP contribution >= 0.6 is 0 Å². The highest BCUT2D eigenvalue weighted by Gasteiger charge is 2.37. The second-order valence-corrected chi connectivity index (χ2v) is 8.07. The molecule has 156 valence electrons. The number of ether oxygens (including phenoxy) is 1. The van der Waals surface area contributed by atoms with Gasteiger partial charge in [-0.05, 0) is 30.9 Å². The minimum absolute atomic E-state index is 0.0136. The second-order valence-electron chi connectivity index (χ2n) is 8.07. The second kappa shape index (κ2) is 8.45. The zero-order valence-electron chi connectivity index (χ0n) is 17.2. The average Bonchev–Trinajstić information content (AvgIpc) is 3.20. The number of rotatable bonds is 5. The van der Waals surface area contributed by atoms with Crippen LogP contribution in [-0.2, 0) is 6.42 Å². The van der Waals surface area contributed by atoms with Crippen molar-refractivity contribution in [1.29, 1.82) is 0 Å². The molecule has 29 heavy (non-hydrogen) atoms. The predicted molar refractivity (Wildman–Crippen MR) is 110 cm³/mol. The molecule has 7 heteroatoms. The highest BCUT2D eigenvalue weighted by molar-refractivity contribution is 5.75. The molecule has 2 aliphatic heterocycles. The van der Waals surface area contributed by atoms with Crippen molar-refractivity contribution < 1.29 is 14.6 Å². The first-order valence-electron chi connectivity index (χ1n) is 10.6. The molecule has 1 aromatic carbocycles. The van der Waals surface area contributed by atoms with Crippen LogP contribution < -0.4 is 4.74 Å². The summed E-state index contributed by atoms with van der Waals surface area (Å²) in [5.41, 5.74) is 3.58. The molecular formula is C22H30N4O3. The van der Waals surface area contributed by atoms with Crippen LogP contribution in [0.2, 0.25) is 0 Å². The van der Waals surface area contributed by atoms with Crippen molar-refractivity contribution in [3.63, 3.8) is 0 Å². The van der Waals surface area contributed by atoms with Gasteiger partial charge in [-0.1, -0.05) is 31.2 Å². The summed E-state index contributed by atoms with van der Waals surface area (Å²) in [7, 11) is 0. The maximum atomic E-state index is 13.0. The lowest BCUT2D eigenvalue weighted by Crippen LogP contribution is -2.59. The van der Waals surface area contributed by atoms with Crippen molar-refractivity contribution in [2.45, 2.75) is 44.6 Å². The number of aryl methyl sites for hydroxylation is 1. The van der Waals surface area contributed by atoms with Crippen LogP contribution in [-0.4, -0.2) is 70.0 Å². The Bertz CT molecular complexity index is 829. The normalized spacial score (nSPS) is 22.4. The number of aromatic nitrogens is 2. The number of carbonyl (C=O) groups is 1. The number of nitrogens with one attached hydrogen (secondary N) is 1. The fourth-order valence-electron chi connectivity index (χ4n) is 4.31. The lowest BCUT2D eigenvalue weighted by molar-refractivity contribution is 0.0116. The average molecular weight is 399 g/mol. The van der Waals surface area contributed by atoms with Gasteiger partial charge in [-0.15, -0.1) is 5.10 Å². The number of nitrogens with zero attached hydrogens (tertiary/aromatic N) is 3. The molecule has 7 nitrogen and oxygen atoms in total. The summed E-state index contributed by atoms with van der Waals surface area (Å²) < 4.78 is 5.51. The molecule has 2 N–H and O–H groups in total. The number of carbonyl (C=O) groups excluding carboxylic acids is 1. The van der Waals surface area contributed by atoms with E-state index >= 15 is 0 Å². The fourth-order valence-corrected chi connectivity index (χ4v) is 4.31. The van der Waals surface area contributed by atoms with Crippen LogP contribution in [0.25, 0.3) is 0 Å². The van der Waals surface area contributed by atoms with Gasteiger partial charge in [-0.25, -0.2) is 4.79 Å². The zero-order valence-corrected chi connectivity index (χ0v) is 17.2. The summed E-state index contributed by atoms with van der Waals surface area (Å²) in [6, 6.07) is 10.7. The highest BCUT2D eigenvalue weighted by atomic mass is 16.5. The van der Waals surface area contributed by atoms with Crippen molar-refractivity contribution in [2.24, 2.45) is 0 Å².